The molecule has 0 unspecified atom stereocenters. The summed E-state index contributed by atoms with van der Waals surface area (Å²) in [7, 11) is 0. The van der Waals surface area contributed by atoms with Gasteiger partial charge in [0.2, 0.25) is 0 Å². The van der Waals surface area contributed by atoms with Gasteiger partial charge in [0.05, 0.1) is 0 Å². The van der Waals surface area contributed by atoms with Crippen LogP contribution in [0.3, 0.4) is 0 Å². The van der Waals surface area contributed by atoms with Gasteiger partial charge in [-0.05, 0) is 25.5 Å². The molecule has 3 rings (SSSR count). The van der Waals surface area contributed by atoms with Crippen LogP contribution in [0.15, 0.2) is 28.8 Å². The molecule has 0 saturated carbocycles. The van der Waals surface area contributed by atoms with Crippen molar-refractivity contribution < 1.29 is 4.52 Å². The fourth-order valence-corrected chi connectivity index (χ4v) is 2.20. The summed E-state index contributed by atoms with van der Waals surface area (Å²) in [6.07, 6.45) is 1.00. The van der Waals surface area contributed by atoms with Gasteiger partial charge < -0.3 is 9.84 Å². The normalized spacial score (nSPS) is 14.8. The first-order valence-corrected chi connectivity index (χ1v) is 5.60. The average molecular weight is 214 g/mol. The highest BCUT2D eigenvalue weighted by Gasteiger charge is 2.20. The summed E-state index contributed by atoms with van der Waals surface area (Å²) in [5, 5.41) is 7.43. The van der Waals surface area contributed by atoms with Crippen LogP contribution >= 0.6 is 0 Å². The molecule has 16 heavy (non-hydrogen) atoms. The van der Waals surface area contributed by atoms with E-state index in [-0.39, 0.29) is 0 Å². The lowest BCUT2D eigenvalue weighted by Gasteiger charge is -2.11. The lowest BCUT2D eigenvalue weighted by atomic mass is 9.99. The van der Waals surface area contributed by atoms with Gasteiger partial charge in [-0.25, -0.2) is 0 Å². The van der Waals surface area contributed by atoms with Crippen LogP contribution in [0.5, 0.6) is 0 Å². The predicted molar refractivity (Wildman–Crippen MR) is 62.1 cm³/mol. The third-order valence-corrected chi connectivity index (χ3v) is 3.10. The van der Waals surface area contributed by atoms with E-state index in [0.29, 0.717) is 0 Å². The molecule has 1 aromatic heterocycles. The number of rotatable bonds is 1. The Kier molecular flexibility index (Phi) is 2.26. The van der Waals surface area contributed by atoms with Crippen molar-refractivity contribution in [2.75, 3.05) is 6.54 Å². The minimum absolute atomic E-state index is 0.824. The second kappa shape index (κ2) is 3.76. The standard InChI is InChI=1S/C13H14N2O/c1-9-4-2-3-5-10(9)13-11-6-7-14-8-12(11)15-16-13/h2-5,14H,6-8H2,1H3. The van der Waals surface area contributed by atoms with Crippen LogP contribution in [-0.4, -0.2) is 11.7 Å². The zero-order valence-electron chi connectivity index (χ0n) is 9.29. The van der Waals surface area contributed by atoms with Gasteiger partial charge in [0.15, 0.2) is 5.76 Å². The number of nitrogens with one attached hydrogen (secondary N) is 1. The zero-order chi connectivity index (χ0) is 11.0. The smallest absolute Gasteiger partial charge is 0.170 e. The number of hydrogen-bond acceptors (Lipinski definition) is 3. The third kappa shape index (κ3) is 1.44. The molecule has 0 saturated heterocycles. The second-order valence-corrected chi connectivity index (χ2v) is 4.18. The predicted octanol–water partition coefficient (Wildman–Crippen LogP) is 2.30. The highest BCUT2D eigenvalue weighted by molar-refractivity contribution is 5.65. The molecule has 0 bridgehead atoms. The van der Waals surface area contributed by atoms with Crippen LogP contribution in [-0.2, 0) is 13.0 Å². The highest BCUT2D eigenvalue weighted by atomic mass is 16.5. The topological polar surface area (TPSA) is 38.1 Å². The largest absolute Gasteiger partial charge is 0.356 e. The van der Waals surface area contributed by atoms with Crippen LogP contribution in [0.2, 0.25) is 0 Å². The molecule has 0 aliphatic carbocycles. The Labute approximate surface area is 94.5 Å². The molecule has 0 spiro atoms. The Bertz CT molecular complexity index is 516. The van der Waals surface area contributed by atoms with Gasteiger partial charge in [0, 0.05) is 17.7 Å². The van der Waals surface area contributed by atoms with Crippen molar-refractivity contribution in [1.29, 1.82) is 0 Å². The first-order valence-electron chi connectivity index (χ1n) is 5.60. The van der Waals surface area contributed by atoms with Crippen LogP contribution in [0, 0.1) is 6.92 Å². The molecule has 1 N–H and O–H groups in total. The Morgan fingerprint density at radius 2 is 2.19 bits per heavy atom. The van der Waals surface area contributed by atoms with Crippen molar-refractivity contribution in [3.05, 3.63) is 41.1 Å². The lowest BCUT2D eigenvalue weighted by Crippen LogP contribution is -2.23. The first-order chi connectivity index (χ1) is 7.86. The van der Waals surface area contributed by atoms with Crippen molar-refractivity contribution in [2.24, 2.45) is 0 Å². The van der Waals surface area contributed by atoms with Gasteiger partial charge in [-0.2, -0.15) is 0 Å². The van der Waals surface area contributed by atoms with E-state index in [9.17, 15) is 0 Å². The van der Waals surface area contributed by atoms with Crippen molar-refractivity contribution >= 4 is 0 Å². The Morgan fingerprint density at radius 3 is 3.06 bits per heavy atom. The van der Waals surface area contributed by atoms with Crippen molar-refractivity contribution in [1.82, 2.24) is 10.5 Å². The van der Waals surface area contributed by atoms with E-state index in [1.807, 2.05) is 12.1 Å². The number of nitrogens with zero attached hydrogens (tertiary/aromatic N) is 1. The summed E-state index contributed by atoms with van der Waals surface area (Å²) in [5.74, 6) is 0.953. The molecule has 1 aromatic carbocycles. The van der Waals surface area contributed by atoms with Gasteiger partial charge in [0.1, 0.15) is 5.69 Å². The summed E-state index contributed by atoms with van der Waals surface area (Å²) < 4.78 is 5.49. The van der Waals surface area contributed by atoms with E-state index in [1.165, 1.54) is 11.1 Å². The minimum Gasteiger partial charge on any atom is -0.356 e. The summed E-state index contributed by atoms with van der Waals surface area (Å²) in [4.78, 5) is 0. The molecule has 0 amide bonds. The minimum atomic E-state index is 0.824. The van der Waals surface area contributed by atoms with Crippen molar-refractivity contribution in [3.63, 3.8) is 0 Å². The van der Waals surface area contributed by atoms with Crippen LogP contribution < -0.4 is 5.32 Å². The first kappa shape index (κ1) is 9.60. The number of aromatic nitrogens is 1. The van der Waals surface area contributed by atoms with E-state index in [2.05, 4.69) is 29.5 Å². The van der Waals surface area contributed by atoms with Crippen molar-refractivity contribution in [2.45, 2.75) is 19.9 Å². The fourth-order valence-electron chi connectivity index (χ4n) is 2.20. The summed E-state index contributed by atoms with van der Waals surface area (Å²) in [5.41, 5.74) is 4.73. The highest BCUT2D eigenvalue weighted by Crippen LogP contribution is 2.30. The zero-order valence-corrected chi connectivity index (χ0v) is 9.29. The van der Waals surface area contributed by atoms with Crippen LogP contribution in [0.25, 0.3) is 11.3 Å². The van der Waals surface area contributed by atoms with Gasteiger partial charge in [-0.1, -0.05) is 29.4 Å². The van der Waals surface area contributed by atoms with E-state index in [4.69, 9.17) is 4.52 Å². The van der Waals surface area contributed by atoms with E-state index < -0.39 is 0 Å². The molecule has 0 fully saturated rings. The van der Waals surface area contributed by atoms with Crippen LogP contribution in [0.1, 0.15) is 16.8 Å². The SMILES string of the molecule is Cc1ccccc1-c1onc2c1CCNC2. The maximum atomic E-state index is 5.49. The fraction of sp³-hybridized carbons (Fsp3) is 0.308. The molecular weight excluding hydrogens is 200 g/mol. The van der Waals surface area contributed by atoms with Gasteiger partial charge in [-0.3, -0.25) is 0 Å². The van der Waals surface area contributed by atoms with E-state index in [0.717, 1.165) is 36.5 Å². The van der Waals surface area contributed by atoms with E-state index >= 15 is 0 Å². The molecular formula is C13H14N2O. The Morgan fingerprint density at radius 1 is 1.31 bits per heavy atom. The molecule has 2 heterocycles. The molecule has 0 radical (unpaired) electrons. The summed E-state index contributed by atoms with van der Waals surface area (Å²) >= 11 is 0. The van der Waals surface area contributed by atoms with Crippen molar-refractivity contribution in [3.8, 4) is 11.3 Å². The number of benzene rings is 1. The molecule has 1 aliphatic rings. The number of hydrogen-bond donors (Lipinski definition) is 1. The van der Waals surface area contributed by atoms with Gasteiger partial charge in [0.25, 0.3) is 0 Å². The van der Waals surface area contributed by atoms with Gasteiger partial charge >= 0.3 is 0 Å². The quantitative estimate of drug-likeness (QED) is 0.791. The lowest BCUT2D eigenvalue weighted by molar-refractivity contribution is 0.421. The Balaban J connectivity index is 2.13. The summed E-state index contributed by atoms with van der Waals surface area (Å²) in [6.45, 7) is 3.93. The van der Waals surface area contributed by atoms with E-state index in [1.54, 1.807) is 0 Å². The monoisotopic (exact) mass is 214 g/mol. The molecule has 0 atom stereocenters. The molecule has 82 valence electrons. The van der Waals surface area contributed by atoms with Gasteiger partial charge in [-0.15, -0.1) is 0 Å². The van der Waals surface area contributed by atoms with Crippen LogP contribution in [0.4, 0.5) is 0 Å². The molecule has 2 aromatic rings. The number of fused-ring (bicyclic) bond motifs is 1. The second-order valence-electron chi connectivity index (χ2n) is 4.18. The maximum absolute atomic E-state index is 5.49. The molecule has 3 heteroatoms. The molecule has 1 aliphatic heterocycles. The Hall–Kier alpha value is -1.61. The number of aryl methyl sites for hydroxylation is 1. The third-order valence-electron chi connectivity index (χ3n) is 3.10. The maximum Gasteiger partial charge on any atom is 0.170 e. The average Bonchev–Trinajstić information content (AvgIpc) is 2.74. The summed E-state index contributed by atoms with van der Waals surface area (Å²) in [6, 6.07) is 8.28. The molecule has 3 nitrogen and oxygen atoms in total.